The van der Waals surface area contributed by atoms with Crippen LogP contribution < -0.4 is 5.32 Å². The standard InChI is InChI=1S/C17H29N3O/c1-5-10-18-17(15-7-6-11-21-12-15)9-8-16-13(2)19-20(4)14(16)3/h12,17-18H,5-11H2,1-4H3. The molecule has 21 heavy (non-hydrogen) atoms. The van der Waals surface area contributed by atoms with Crippen LogP contribution >= 0.6 is 0 Å². The lowest BCUT2D eigenvalue weighted by molar-refractivity contribution is 0.218. The molecular formula is C17H29N3O. The normalized spacial score (nSPS) is 16.5. The molecule has 0 spiro atoms. The summed E-state index contributed by atoms with van der Waals surface area (Å²) in [5.74, 6) is 0. The van der Waals surface area contributed by atoms with Crippen molar-refractivity contribution in [1.29, 1.82) is 0 Å². The topological polar surface area (TPSA) is 39.1 Å². The smallest absolute Gasteiger partial charge is 0.0876 e. The van der Waals surface area contributed by atoms with Crippen LogP contribution in [-0.4, -0.2) is 29.0 Å². The van der Waals surface area contributed by atoms with Crippen molar-refractivity contribution in [3.05, 3.63) is 28.8 Å². The zero-order valence-corrected chi connectivity index (χ0v) is 13.9. The van der Waals surface area contributed by atoms with Gasteiger partial charge in [-0.05, 0) is 63.6 Å². The van der Waals surface area contributed by atoms with Gasteiger partial charge >= 0.3 is 0 Å². The lowest BCUT2D eigenvalue weighted by Gasteiger charge is -2.24. The van der Waals surface area contributed by atoms with Gasteiger partial charge in [-0.1, -0.05) is 6.92 Å². The molecule has 2 heterocycles. The molecule has 1 unspecified atom stereocenters. The van der Waals surface area contributed by atoms with E-state index in [2.05, 4.69) is 31.2 Å². The van der Waals surface area contributed by atoms with E-state index in [-0.39, 0.29) is 0 Å². The van der Waals surface area contributed by atoms with Crippen molar-refractivity contribution in [2.24, 2.45) is 7.05 Å². The van der Waals surface area contributed by atoms with Gasteiger partial charge in [-0.2, -0.15) is 5.10 Å². The third-order valence-corrected chi connectivity index (χ3v) is 4.39. The van der Waals surface area contributed by atoms with Gasteiger partial charge in [-0.25, -0.2) is 0 Å². The summed E-state index contributed by atoms with van der Waals surface area (Å²) in [5.41, 5.74) is 5.28. The molecule has 0 aromatic carbocycles. The summed E-state index contributed by atoms with van der Waals surface area (Å²) in [7, 11) is 2.02. The molecule has 2 rings (SSSR count). The maximum Gasteiger partial charge on any atom is 0.0876 e. The van der Waals surface area contributed by atoms with Crippen molar-refractivity contribution in [3.63, 3.8) is 0 Å². The summed E-state index contributed by atoms with van der Waals surface area (Å²) in [4.78, 5) is 0. The van der Waals surface area contributed by atoms with Gasteiger partial charge in [-0.15, -0.1) is 0 Å². The number of rotatable bonds is 7. The van der Waals surface area contributed by atoms with Gasteiger partial charge in [0.05, 0.1) is 18.6 Å². The van der Waals surface area contributed by atoms with Crippen LogP contribution in [0.2, 0.25) is 0 Å². The van der Waals surface area contributed by atoms with Gasteiger partial charge in [-0.3, -0.25) is 4.68 Å². The van der Waals surface area contributed by atoms with Crippen LogP contribution in [0.15, 0.2) is 11.8 Å². The number of ether oxygens (including phenoxy) is 1. The largest absolute Gasteiger partial charge is 0.501 e. The third-order valence-electron chi connectivity index (χ3n) is 4.39. The number of aryl methyl sites for hydroxylation is 2. The van der Waals surface area contributed by atoms with E-state index in [0.29, 0.717) is 6.04 Å². The minimum absolute atomic E-state index is 0.434. The van der Waals surface area contributed by atoms with Crippen LogP contribution in [0.1, 0.15) is 49.6 Å². The van der Waals surface area contributed by atoms with Crippen LogP contribution in [0.3, 0.4) is 0 Å². The molecule has 1 N–H and O–H groups in total. The molecule has 0 saturated carbocycles. The summed E-state index contributed by atoms with van der Waals surface area (Å²) < 4.78 is 7.52. The number of nitrogens with zero attached hydrogens (tertiary/aromatic N) is 2. The molecule has 1 aromatic heterocycles. The van der Waals surface area contributed by atoms with Gasteiger partial charge in [0.25, 0.3) is 0 Å². The van der Waals surface area contributed by atoms with E-state index in [4.69, 9.17) is 4.74 Å². The van der Waals surface area contributed by atoms with Crippen molar-refractivity contribution in [2.75, 3.05) is 13.2 Å². The van der Waals surface area contributed by atoms with Crippen LogP contribution in [0.4, 0.5) is 0 Å². The zero-order valence-electron chi connectivity index (χ0n) is 13.9. The fourth-order valence-corrected chi connectivity index (χ4v) is 3.05. The molecule has 0 bridgehead atoms. The first-order chi connectivity index (χ1) is 10.1. The highest BCUT2D eigenvalue weighted by Crippen LogP contribution is 2.21. The SMILES string of the molecule is CCCNC(CCc1c(C)nn(C)c1C)C1=COCCC1. The van der Waals surface area contributed by atoms with Gasteiger partial charge in [0.15, 0.2) is 0 Å². The second-order valence-corrected chi connectivity index (χ2v) is 5.99. The maximum absolute atomic E-state index is 5.53. The molecule has 4 heteroatoms. The van der Waals surface area contributed by atoms with E-state index in [1.807, 2.05) is 18.0 Å². The molecule has 1 aliphatic heterocycles. The van der Waals surface area contributed by atoms with Crippen molar-refractivity contribution in [3.8, 4) is 0 Å². The molecule has 1 atom stereocenters. The summed E-state index contributed by atoms with van der Waals surface area (Å²) in [6, 6.07) is 0.434. The Morgan fingerprint density at radius 1 is 1.43 bits per heavy atom. The summed E-state index contributed by atoms with van der Waals surface area (Å²) in [6.07, 6.45) is 7.63. The first-order valence-corrected chi connectivity index (χ1v) is 8.16. The summed E-state index contributed by atoms with van der Waals surface area (Å²) >= 11 is 0. The van der Waals surface area contributed by atoms with Crippen LogP contribution in [0.5, 0.6) is 0 Å². The number of hydrogen-bond donors (Lipinski definition) is 1. The minimum Gasteiger partial charge on any atom is -0.501 e. The van der Waals surface area contributed by atoms with Crippen molar-refractivity contribution in [2.45, 2.75) is 58.9 Å². The Morgan fingerprint density at radius 2 is 2.24 bits per heavy atom. The fourth-order valence-electron chi connectivity index (χ4n) is 3.05. The summed E-state index contributed by atoms with van der Waals surface area (Å²) in [6.45, 7) is 8.41. The van der Waals surface area contributed by atoms with Gasteiger partial charge in [0.1, 0.15) is 0 Å². The quantitative estimate of drug-likeness (QED) is 0.839. The molecule has 4 nitrogen and oxygen atoms in total. The lowest BCUT2D eigenvalue weighted by Crippen LogP contribution is -2.33. The molecule has 0 fully saturated rings. The van der Waals surface area contributed by atoms with Crippen LogP contribution in [0, 0.1) is 13.8 Å². The second-order valence-electron chi connectivity index (χ2n) is 5.99. The van der Waals surface area contributed by atoms with Crippen molar-refractivity contribution >= 4 is 0 Å². The molecule has 118 valence electrons. The monoisotopic (exact) mass is 291 g/mol. The van der Waals surface area contributed by atoms with Gasteiger partial charge < -0.3 is 10.1 Å². The Balaban J connectivity index is 2.02. The highest BCUT2D eigenvalue weighted by Gasteiger charge is 2.18. The molecular weight excluding hydrogens is 262 g/mol. The van der Waals surface area contributed by atoms with E-state index in [9.17, 15) is 0 Å². The number of aromatic nitrogens is 2. The van der Waals surface area contributed by atoms with E-state index in [1.54, 1.807) is 0 Å². The zero-order chi connectivity index (χ0) is 15.2. The lowest BCUT2D eigenvalue weighted by atomic mass is 9.95. The molecule has 1 aromatic rings. The van der Waals surface area contributed by atoms with E-state index < -0.39 is 0 Å². The number of nitrogens with one attached hydrogen (secondary N) is 1. The highest BCUT2D eigenvalue weighted by atomic mass is 16.5. The van der Waals surface area contributed by atoms with Gasteiger partial charge in [0.2, 0.25) is 0 Å². The summed E-state index contributed by atoms with van der Waals surface area (Å²) in [5, 5.41) is 8.20. The van der Waals surface area contributed by atoms with E-state index in [1.165, 1.54) is 16.8 Å². The molecule has 0 radical (unpaired) electrons. The minimum atomic E-state index is 0.434. The van der Waals surface area contributed by atoms with E-state index >= 15 is 0 Å². The maximum atomic E-state index is 5.53. The fraction of sp³-hybridized carbons (Fsp3) is 0.706. The Hall–Kier alpha value is -1.29. The van der Waals surface area contributed by atoms with Crippen molar-refractivity contribution < 1.29 is 4.74 Å². The second kappa shape index (κ2) is 7.64. The number of hydrogen-bond acceptors (Lipinski definition) is 3. The Labute approximate surface area is 128 Å². The highest BCUT2D eigenvalue weighted by molar-refractivity contribution is 5.25. The van der Waals surface area contributed by atoms with E-state index in [0.717, 1.165) is 50.9 Å². The molecule has 0 amide bonds. The first-order valence-electron chi connectivity index (χ1n) is 8.16. The predicted molar refractivity (Wildman–Crippen MR) is 86.4 cm³/mol. The molecule has 1 aliphatic rings. The molecule has 0 aliphatic carbocycles. The van der Waals surface area contributed by atoms with Crippen LogP contribution in [0.25, 0.3) is 0 Å². The Kier molecular flexibility index (Phi) is 5.85. The molecule has 0 saturated heterocycles. The van der Waals surface area contributed by atoms with Crippen LogP contribution in [-0.2, 0) is 18.2 Å². The predicted octanol–water partition coefficient (Wildman–Crippen LogP) is 3.03. The third kappa shape index (κ3) is 4.10. The van der Waals surface area contributed by atoms with Crippen molar-refractivity contribution in [1.82, 2.24) is 15.1 Å². The first kappa shape index (κ1) is 16.1. The van der Waals surface area contributed by atoms with Gasteiger partial charge in [0, 0.05) is 18.8 Å². The Morgan fingerprint density at radius 3 is 2.81 bits per heavy atom. The average Bonchev–Trinajstić information content (AvgIpc) is 2.74. The Bertz CT molecular complexity index is 490. The average molecular weight is 291 g/mol.